The van der Waals surface area contributed by atoms with Gasteiger partial charge in [0, 0.05) is 0 Å². The Kier molecular flexibility index (Phi) is 5.89. The average Bonchev–Trinajstić information content (AvgIpc) is 1.99. The van der Waals surface area contributed by atoms with E-state index in [4.69, 9.17) is 0 Å². The van der Waals surface area contributed by atoms with E-state index in [0.717, 1.165) is 12.8 Å². The molecule has 0 aliphatic heterocycles. The summed E-state index contributed by atoms with van der Waals surface area (Å²) in [5.41, 5.74) is 0. The van der Waals surface area contributed by atoms with Gasteiger partial charge in [-0.25, -0.2) is 8.42 Å². The van der Waals surface area contributed by atoms with Crippen LogP contribution in [0, 0.1) is 17.8 Å². The van der Waals surface area contributed by atoms with Crippen molar-refractivity contribution in [2.75, 3.05) is 0 Å². The lowest BCUT2D eigenvalue weighted by molar-refractivity contribution is 0.0412. The van der Waals surface area contributed by atoms with Gasteiger partial charge in [-0.3, -0.25) is 4.18 Å². The SMILES string of the molecule is CC(C)[C@@H]1CC[C@@H](C)C[C@H]1OS(=O)(=O)[O-].[NH4+]. The van der Waals surface area contributed by atoms with Gasteiger partial charge in [-0.15, -0.1) is 0 Å². The van der Waals surface area contributed by atoms with Crippen molar-refractivity contribution in [2.45, 2.75) is 46.1 Å². The molecule has 0 amide bonds. The van der Waals surface area contributed by atoms with E-state index in [2.05, 4.69) is 11.1 Å². The third-order valence-corrected chi connectivity index (χ3v) is 3.69. The lowest BCUT2D eigenvalue weighted by Crippen LogP contribution is -2.35. The molecule has 1 saturated carbocycles. The fourth-order valence-corrected chi connectivity index (χ4v) is 2.90. The minimum Gasteiger partial charge on any atom is -0.726 e. The zero-order chi connectivity index (χ0) is 11.6. The third-order valence-electron chi connectivity index (χ3n) is 3.20. The first-order chi connectivity index (χ1) is 6.79. The van der Waals surface area contributed by atoms with Crippen LogP contribution in [0.15, 0.2) is 0 Å². The topological polar surface area (TPSA) is 103 Å². The van der Waals surface area contributed by atoms with Crippen molar-refractivity contribution < 1.29 is 17.2 Å². The molecule has 0 bridgehead atoms. The minimum absolute atomic E-state index is 0. The van der Waals surface area contributed by atoms with Gasteiger partial charge in [0.25, 0.3) is 0 Å². The lowest BCUT2D eigenvalue weighted by atomic mass is 9.75. The predicted octanol–water partition coefficient (Wildman–Crippen LogP) is 2.30. The second-order valence-corrected chi connectivity index (χ2v) is 5.88. The molecule has 16 heavy (non-hydrogen) atoms. The molecule has 0 saturated heterocycles. The van der Waals surface area contributed by atoms with Crippen LogP contribution < -0.4 is 6.15 Å². The fraction of sp³-hybridized carbons (Fsp3) is 1.00. The van der Waals surface area contributed by atoms with Gasteiger partial charge in [-0.05, 0) is 30.6 Å². The summed E-state index contributed by atoms with van der Waals surface area (Å²) >= 11 is 0. The molecule has 1 aliphatic carbocycles. The van der Waals surface area contributed by atoms with E-state index in [9.17, 15) is 13.0 Å². The van der Waals surface area contributed by atoms with Gasteiger partial charge in [-0.1, -0.05) is 27.2 Å². The maximum absolute atomic E-state index is 10.6. The van der Waals surface area contributed by atoms with E-state index < -0.39 is 16.5 Å². The Morgan fingerprint density at radius 1 is 1.31 bits per heavy atom. The fourth-order valence-electron chi connectivity index (χ4n) is 2.38. The summed E-state index contributed by atoms with van der Waals surface area (Å²) in [6, 6.07) is 0. The standard InChI is InChI=1S/C10H20O4S.H3N/c1-7(2)9-5-4-8(3)6-10(9)14-15(11,12)13;/h7-10H,4-6H2,1-3H3,(H,11,12,13);1H3/t8-,9+,10-;/m1./s1. The van der Waals surface area contributed by atoms with Crippen molar-refractivity contribution in [1.82, 2.24) is 6.15 Å². The van der Waals surface area contributed by atoms with Crippen LogP contribution in [0.2, 0.25) is 0 Å². The van der Waals surface area contributed by atoms with Gasteiger partial charge in [0.15, 0.2) is 0 Å². The Labute approximate surface area is 98.1 Å². The lowest BCUT2D eigenvalue weighted by Gasteiger charge is -2.37. The number of hydrogen-bond acceptors (Lipinski definition) is 4. The van der Waals surface area contributed by atoms with Crippen LogP contribution >= 0.6 is 0 Å². The Morgan fingerprint density at radius 3 is 2.31 bits per heavy atom. The van der Waals surface area contributed by atoms with Gasteiger partial charge < -0.3 is 10.7 Å². The molecule has 0 unspecified atom stereocenters. The summed E-state index contributed by atoms with van der Waals surface area (Å²) in [6.07, 6.45) is 2.28. The van der Waals surface area contributed by atoms with Gasteiger partial charge in [-0.2, -0.15) is 0 Å². The van der Waals surface area contributed by atoms with E-state index in [-0.39, 0.29) is 12.1 Å². The van der Waals surface area contributed by atoms with E-state index in [1.54, 1.807) is 0 Å². The molecule has 1 rings (SSSR count). The van der Waals surface area contributed by atoms with Crippen LogP contribution in [-0.4, -0.2) is 19.1 Å². The van der Waals surface area contributed by atoms with Crippen molar-refractivity contribution in [2.24, 2.45) is 17.8 Å². The van der Waals surface area contributed by atoms with Crippen LogP contribution in [0.25, 0.3) is 0 Å². The molecule has 0 heterocycles. The van der Waals surface area contributed by atoms with Crippen molar-refractivity contribution in [3.05, 3.63) is 0 Å². The van der Waals surface area contributed by atoms with E-state index in [1.807, 2.05) is 13.8 Å². The summed E-state index contributed by atoms with van der Waals surface area (Å²) in [5.74, 6) is 0.973. The highest BCUT2D eigenvalue weighted by Gasteiger charge is 2.32. The van der Waals surface area contributed by atoms with Crippen molar-refractivity contribution >= 4 is 10.4 Å². The molecule has 0 aromatic heterocycles. The highest BCUT2D eigenvalue weighted by molar-refractivity contribution is 7.80. The van der Waals surface area contributed by atoms with Crippen LogP contribution in [0.3, 0.4) is 0 Å². The quantitative estimate of drug-likeness (QED) is 0.615. The molecule has 0 spiro atoms. The van der Waals surface area contributed by atoms with E-state index >= 15 is 0 Å². The second kappa shape index (κ2) is 5.95. The Balaban J connectivity index is 0.00000225. The number of hydrogen-bond donors (Lipinski definition) is 1. The molecular weight excluding hydrogens is 230 g/mol. The van der Waals surface area contributed by atoms with Gasteiger partial charge >= 0.3 is 0 Å². The highest BCUT2D eigenvalue weighted by Crippen LogP contribution is 2.35. The van der Waals surface area contributed by atoms with E-state index in [1.165, 1.54) is 0 Å². The normalized spacial score (nSPS) is 31.2. The molecule has 3 atom stereocenters. The number of rotatable bonds is 3. The predicted molar refractivity (Wildman–Crippen MR) is 61.9 cm³/mol. The number of quaternary nitrogens is 1. The van der Waals surface area contributed by atoms with E-state index in [0.29, 0.717) is 18.3 Å². The average molecular weight is 253 g/mol. The minimum atomic E-state index is -4.56. The first-order valence-electron chi connectivity index (χ1n) is 5.43. The first-order valence-corrected chi connectivity index (χ1v) is 6.77. The van der Waals surface area contributed by atoms with Crippen molar-refractivity contribution in [3.63, 3.8) is 0 Å². The van der Waals surface area contributed by atoms with Crippen molar-refractivity contribution in [1.29, 1.82) is 0 Å². The van der Waals surface area contributed by atoms with Gasteiger partial charge in [0.05, 0.1) is 6.10 Å². The summed E-state index contributed by atoms with van der Waals surface area (Å²) < 4.78 is 36.4. The summed E-state index contributed by atoms with van der Waals surface area (Å²) in [7, 11) is -4.56. The molecule has 6 heteroatoms. The maximum atomic E-state index is 10.6. The van der Waals surface area contributed by atoms with Crippen LogP contribution in [0.1, 0.15) is 40.0 Å². The summed E-state index contributed by atoms with van der Waals surface area (Å²) in [6.45, 7) is 6.13. The van der Waals surface area contributed by atoms with Crippen LogP contribution in [-0.2, 0) is 14.6 Å². The van der Waals surface area contributed by atoms with Crippen LogP contribution in [0.4, 0.5) is 0 Å². The van der Waals surface area contributed by atoms with Gasteiger partial charge in [0.2, 0.25) is 10.4 Å². The highest BCUT2D eigenvalue weighted by atomic mass is 32.3. The second-order valence-electron chi connectivity index (χ2n) is 4.87. The molecule has 0 radical (unpaired) electrons. The maximum Gasteiger partial charge on any atom is 0.217 e. The smallest absolute Gasteiger partial charge is 0.217 e. The monoisotopic (exact) mass is 253 g/mol. The molecule has 1 aliphatic rings. The zero-order valence-electron chi connectivity index (χ0n) is 10.5. The molecule has 98 valence electrons. The molecule has 0 aromatic carbocycles. The van der Waals surface area contributed by atoms with Crippen molar-refractivity contribution in [3.8, 4) is 0 Å². The van der Waals surface area contributed by atoms with Gasteiger partial charge in [0.1, 0.15) is 0 Å². The molecule has 1 fully saturated rings. The Hall–Kier alpha value is -0.170. The summed E-state index contributed by atoms with van der Waals surface area (Å²) in [4.78, 5) is 0. The zero-order valence-corrected chi connectivity index (χ0v) is 11.3. The Bertz CT molecular complexity index is 302. The molecular formula is C10H23NO4S. The largest absolute Gasteiger partial charge is 0.726 e. The molecule has 5 nitrogen and oxygen atoms in total. The van der Waals surface area contributed by atoms with Crippen LogP contribution in [0.5, 0.6) is 0 Å². The first kappa shape index (κ1) is 15.8. The third kappa shape index (κ3) is 4.78. The Morgan fingerprint density at radius 2 is 1.88 bits per heavy atom. The summed E-state index contributed by atoms with van der Waals surface area (Å²) in [5, 5.41) is 0. The molecule has 0 aromatic rings. The molecule has 4 N–H and O–H groups in total.